The summed E-state index contributed by atoms with van der Waals surface area (Å²) in [4.78, 5) is 8.44. The first-order chi connectivity index (χ1) is 9.33. The normalized spacial score (nSPS) is 10.8. The van der Waals surface area contributed by atoms with E-state index in [1.807, 2.05) is 24.4 Å². The highest BCUT2D eigenvalue weighted by Crippen LogP contribution is 2.22. The number of anilines is 1. The molecule has 1 N–H and O–H groups in total. The second-order valence-electron chi connectivity index (χ2n) is 3.98. The van der Waals surface area contributed by atoms with Gasteiger partial charge in [-0.1, -0.05) is 16.8 Å². The molecule has 0 aliphatic carbocycles. The van der Waals surface area contributed by atoms with Crippen LogP contribution in [0, 0.1) is 0 Å². The Hall–Kier alpha value is -2.21. The Morgan fingerprint density at radius 3 is 3.05 bits per heavy atom. The fourth-order valence-corrected chi connectivity index (χ4v) is 1.98. The van der Waals surface area contributed by atoms with Crippen LogP contribution in [0.3, 0.4) is 0 Å². The zero-order valence-electron chi connectivity index (χ0n) is 9.99. The van der Waals surface area contributed by atoms with Gasteiger partial charge >= 0.3 is 0 Å². The van der Waals surface area contributed by atoms with Crippen molar-refractivity contribution in [3.63, 3.8) is 0 Å². The van der Waals surface area contributed by atoms with Crippen LogP contribution >= 0.6 is 11.6 Å². The van der Waals surface area contributed by atoms with Crippen LogP contribution in [0.4, 0.5) is 5.82 Å². The molecule has 19 heavy (non-hydrogen) atoms. The van der Waals surface area contributed by atoms with Crippen LogP contribution in [-0.4, -0.2) is 31.5 Å². The number of aromatic nitrogens is 5. The van der Waals surface area contributed by atoms with Gasteiger partial charge in [0.15, 0.2) is 0 Å². The van der Waals surface area contributed by atoms with Crippen LogP contribution in [0.15, 0.2) is 36.9 Å². The smallest absolute Gasteiger partial charge is 0.137 e. The molecule has 1 aromatic carbocycles. The van der Waals surface area contributed by atoms with Gasteiger partial charge in [-0.3, -0.25) is 4.68 Å². The third kappa shape index (κ3) is 2.63. The molecule has 2 heterocycles. The number of hydrogen-bond acceptors (Lipinski definition) is 5. The maximum atomic E-state index is 5.94. The molecule has 0 saturated heterocycles. The maximum absolute atomic E-state index is 5.94. The summed E-state index contributed by atoms with van der Waals surface area (Å²) in [5.41, 5.74) is 0.825. The van der Waals surface area contributed by atoms with Gasteiger partial charge in [-0.05, 0) is 18.2 Å². The lowest BCUT2D eigenvalue weighted by atomic mass is 10.2. The zero-order valence-corrected chi connectivity index (χ0v) is 10.7. The lowest BCUT2D eigenvalue weighted by Gasteiger charge is -2.08. The minimum absolute atomic E-state index is 0.666. The third-order valence-electron chi connectivity index (χ3n) is 2.70. The van der Waals surface area contributed by atoms with Gasteiger partial charge in [0, 0.05) is 23.2 Å². The summed E-state index contributed by atoms with van der Waals surface area (Å²) in [6.07, 6.45) is 5.00. The highest BCUT2D eigenvalue weighted by Gasteiger charge is 2.03. The topological polar surface area (TPSA) is 68.5 Å². The number of rotatable bonds is 4. The van der Waals surface area contributed by atoms with Crippen molar-refractivity contribution in [1.82, 2.24) is 25.0 Å². The molecule has 0 spiro atoms. The Balaban J connectivity index is 1.77. The molecule has 0 saturated carbocycles. The SMILES string of the molecule is Clc1ccc2c(NCCn3ccnn3)ncnc2c1. The summed E-state index contributed by atoms with van der Waals surface area (Å²) >= 11 is 5.94. The summed E-state index contributed by atoms with van der Waals surface area (Å²) in [5.74, 6) is 0.793. The standard InChI is InChI=1S/C12H11ClN6/c13-9-1-2-10-11(7-9)15-8-16-12(10)14-3-5-19-6-4-17-18-19/h1-2,4,6-8H,3,5H2,(H,14,15,16). The molecule has 0 unspecified atom stereocenters. The third-order valence-corrected chi connectivity index (χ3v) is 2.94. The summed E-state index contributed by atoms with van der Waals surface area (Å²) in [6.45, 7) is 1.43. The second-order valence-corrected chi connectivity index (χ2v) is 4.41. The van der Waals surface area contributed by atoms with Crippen molar-refractivity contribution in [2.24, 2.45) is 0 Å². The molecule has 3 rings (SSSR count). The molecule has 0 fully saturated rings. The first kappa shape index (κ1) is 11.9. The fraction of sp³-hybridized carbons (Fsp3) is 0.167. The quantitative estimate of drug-likeness (QED) is 0.788. The van der Waals surface area contributed by atoms with Gasteiger partial charge in [0.2, 0.25) is 0 Å². The zero-order chi connectivity index (χ0) is 13.1. The molecule has 0 radical (unpaired) electrons. The molecule has 96 valence electrons. The first-order valence-electron chi connectivity index (χ1n) is 5.81. The number of nitrogens with one attached hydrogen (secondary N) is 1. The monoisotopic (exact) mass is 274 g/mol. The molecule has 3 aromatic rings. The summed E-state index contributed by atoms with van der Waals surface area (Å²) in [7, 11) is 0. The molecule has 6 nitrogen and oxygen atoms in total. The Kier molecular flexibility index (Phi) is 3.24. The Morgan fingerprint density at radius 2 is 2.21 bits per heavy atom. The molecule has 0 amide bonds. The maximum Gasteiger partial charge on any atom is 0.137 e. The molecule has 2 aromatic heterocycles. The lowest BCUT2D eigenvalue weighted by Crippen LogP contribution is -2.12. The van der Waals surface area contributed by atoms with Crippen LogP contribution < -0.4 is 5.32 Å². The summed E-state index contributed by atoms with van der Waals surface area (Å²) in [6, 6.07) is 5.56. The van der Waals surface area contributed by atoms with Crippen molar-refractivity contribution in [1.29, 1.82) is 0 Å². The number of nitrogens with zero attached hydrogens (tertiary/aromatic N) is 5. The molecule has 7 heteroatoms. The van der Waals surface area contributed by atoms with E-state index in [4.69, 9.17) is 11.6 Å². The summed E-state index contributed by atoms with van der Waals surface area (Å²) in [5, 5.41) is 12.5. The molecule has 0 aliphatic heterocycles. The van der Waals surface area contributed by atoms with E-state index in [1.54, 1.807) is 10.9 Å². The number of halogens is 1. The van der Waals surface area contributed by atoms with Crippen molar-refractivity contribution < 1.29 is 0 Å². The fourth-order valence-electron chi connectivity index (χ4n) is 1.81. The van der Waals surface area contributed by atoms with Crippen LogP contribution in [0.2, 0.25) is 5.02 Å². The molecular formula is C12H11ClN6. The van der Waals surface area contributed by atoms with E-state index in [2.05, 4.69) is 25.6 Å². The minimum atomic E-state index is 0.666. The van der Waals surface area contributed by atoms with Crippen LogP contribution in [0.25, 0.3) is 10.9 Å². The highest BCUT2D eigenvalue weighted by atomic mass is 35.5. The summed E-state index contributed by atoms with van der Waals surface area (Å²) < 4.78 is 1.76. The van der Waals surface area contributed by atoms with Gasteiger partial charge in [0.1, 0.15) is 12.1 Å². The first-order valence-corrected chi connectivity index (χ1v) is 6.19. The van der Waals surface area contributed by atoms with Gasteiger partial charge in [0.05, 0.1) is 18.3 Å². The van der Waals surface area contributed by atoms with Crippen molar-refractivity contribution in [3.8, 4) is 0 Å². The van der Waals surface area contributed by atoms with E-state index >= 15 is 0 Å². The van der Waals surface area contributed by atoms with E-state index in [0.29, 0.717) is 11.6 Å². The predicted molar refractivity (Wildman–Crippen MR) is 73.1 cm³/mol. The average Bonchev–Trinajstić information content (AvgIpc) is 2.92. The Labute approximate surface area is 114 Å². The number of benzene rings is 1. The molecule has 0 bridgehead atoms. The molecular weight excluding hydrogens is 264 g/mol. The predicted octanol–water partition coefficient (Wildman–Crippen LogP) is 1.99. The average molecular weight is 275 g/mol. The molecule has 0 aliphatic rings. The molecule has 0 atom stereocenters. The lowest BCUT2D eigenvalue weighted by molar-refractivity contribution is 0.608. The van der Waals surface area contributed by atoms with Gasteiger partial charge in [-0.2, -0.15) is 0 Å². The Bertz CT molecular complexity index is 682. The Morgan fingerprint density at radius 1 is 1.26 bits per heavy atom. The van der Waals surface area contributed by atoms with E-state index in [0.717, 1.165) is 23.3 Å². The minimum Gasteiger partial charge on any atom is -0.368 e. The van der Waals surface area contributed by atoms with Crippen molar-refractivity contribution >= 4 is 28.3 Å². The van der Waals surface area contributed by atoms with Gasteiger partial charge in [-0.15, -0.1) is 5.10 Å². The van der Waals surface area contributed by atoms with Gasteiger partial charge < -0.3 is 5.32 Å². The largest absolute Gasteiger partial charge is 0.368 e. The van der Waals surface area contributed by atoms with E-state index in [1.165, 1.54) is 6.33 Å². The van der Waals surface area contributed by atoms with Crippen molar-refractivity contribution in [2.75, 3.05) is 11.9 Å². The van der Waals surface area contributed by atoms with Crippen molar-refractivity contribution in [3.05, 3.63) is 41.9 Å². The second kappa shape index (κ2) is 5.19. The van der Waals surface area contributed by atoms with Gasteiger partial charge in [-0.25, -0.2) is 9.97 Å². The van der Waals surface area contributed by atoms with E-state index in [-0.39, 0.29) is 0 Å². The number of hydrogen-bond donors (Lipinski definition) is 1. The van der Waals surface area contributed by atoms with E-state index in [9.17, 15) is 0 Å². The number of fused-ring (bicyclic) bond motifs is 1. The van der Waals surface area contributed by atoms with Crippen LogP contribution in [0.5, 0.6) is 0 Å². The van der Waals surface area contributed by atoms with Crippen LogP contribution in [0.1, 0.15) is 0 Å². The van der Waals surface area contributed by atoms with Crippen molar-refractivity contribution in [2.45, 2.75) is 6.54 Å². The van der Waals surface area contributed by atoms with E-state index < -0.39 is 0 Å². The highest BCUT2D eigenvalue weighted by molar-refractivity contribution is 6.31. The van der Waals surface area contributed by atoms with Gasteiger partial charge in [0.25, 0.3) is 0 Å². The van der Waals surface area contributed by atoms with Crippen LogP contribution in [-0.2, 0) is 6.54 Å².